The molecule has 506 valence electrons. The average molecular weight is 1370 g/mol. The Morgan fingerprint density at radius 3 is 1.33 bits per heavy atom. The maximum Gasteiger partial charge on any atom is 0.434 e. The molecule has 6 fully saturated rings. The number of rotatable bonds is 12. The monoisotopic (exact) mass is 1370 g/mol. The number of hydrogen-bond acceptors (Lipinski definition) is 13. The summed E-state index contributed by atoms with van der Waals surface area (Å²) in [7, 11) is 0. The summed E-state index contributed by atoms with van der Waals surface area (Å²) in [5.74, 6) is 0.288. The van der Waals surface area contributed by atoms with Gasteiger partial charge in [0.2, 0.25) is 5.89 Å². The van der Waals surface area contributed by atoms with E-state index in [1.54, 1.807) is 66.1 Å². The van der Waals surface area contributed by atoms with Gasteiger partial charge in [-0.1, -0.05) is 35.9 Å². The van der Waals surface area contributed by atoms with Gasteiger partial charge in [-0.2, -0.15) is 39.5 Å². The molecule has 0 saturated carbocycles. The number of nitrogens with zero attached hydrogens (tertiary/aromatic N) is 12. The van der Waals surface area contributed by atoms with Gasteiger partial charge in [-0.05, 0) is 174 Å². The fourth-order valence-electron chi connectivity index (χ4n) is 15.4. The molecule has 6 aliphatic rings. The fraction of sp³-hybridized carbons (Fsp3) is 0.352. The molecule has 6 saturated heterocycles. The van der Waals surface area contributed by atoms with Crippen molar-refractivity contribution in [1.82, 2.24) is 59.6 Å². The third-order valence-electron chi connectivity index (χ3n) is 19.6. The molecule has 3 aromatic carbocycles. The van der Waals surface area contributed by atoms with Crippen LogP contribution in [0.4, 0.5) is 43.9 Å². The molecule has 6 aromatic heterocycles. The number of amides is 3. The molecular weight excluding hydrogens is 1310 g/mol. The van der Waals surface area contributed by atoms with Crippen LogP contribution in [0.15, 0.2) is 157 Å². The molecule has 27 heteroatoms. The van der Waals surface area contributed by atoms with E-state index in [9.17, 15) is 58.3 Å². The van der Waals surface area contributed by atoms with E-state index in [-0.39, 0.29) is 88.7 Å². The van der Waals surface area contributed by atoms with Gasteiger partial charge in [-0.15, -0.1) is 0 Å². The number of fused-ring (bicyclic) bond motifs is 6. The molecule has 6 bridgehead atoms. The first-order valence-corrected chi connectivity index (χ1v) is 32.4. The van der Waals surface area contributed by atoms with E-state index in [0.717, 1.165) is 99.6 Å². The molecule has 9 unspecified atom stereocenters. The summed E-state index contributed by atoms with van der Waals surface area (Å²) in [6.07, 6.45) is 8.67. The number of pyridine rings is 2. The Balaban J connectivity index is 0.000000132. The Labute approximate surface area is 560 Å². The summed E-state index contributed by atoms with van der Waals surface area (Å²) in [5.41, 5.74) is 2.60. The first-order valence-electron chi connectivity index (χ1n) is 32.0. The summed E-state index contributed by atoms with van der Waals surface area (Å²) in [6, 6.07) is 23.7. The minimum atomic E-state index is -4.52. The molecule has 0 aliphatic carbocycles. The SMILES string of the molecule is Cc1cccc(C(=O)N2C3CCC2C(Cc2ccc(C(F)(F)F)cn2)C3)c1-c1ncccn1.O=C(c1cccc(Cl)c1-c1ncccn1)N1C2CCC1C(Cc1cnc(C(F)(F)F)cn1)C2.O=C(c1cccc(F)c1-c1ncco1)N1C2CCC1C(Cc1ccc(C(F)(F)F)cn1)C2. The van der Waals surface area contributed by atoms with Gasteiger partial charge < -0.3 is 19.1 Å². The van der Waals surface area contributed by atoms with E-state index in [1.807, 2.05) is 34.9 Å². The topological polar surface area (TPSA) is 190 Å². The van der Waals surface area contributed by atoms with E-state index in [1.165, 1.54) is 42.9 Å². The Kier molecular flexibility index (Phi) is 18.7. The first-order chi connectivity index (χ1) is 47.0. The molecule has 3 amide bonds. The molecule has 98 heavy (non-hydrogen) atoms. The molecular formula is C71H61ClF10N12O4. The van der Waals surface area contributed by atoms with Crippen LogP contribution >= 0.6 is 11.6 Å². The van der Waals surface area contributed by atoms with Crippen LogP contribution in [0, 0.1) is 30.5 Å². The fourth-order valence-corrected chi connectivity index (χ4v) is 15.7. The van der Waals surface area contributed by atoms with Crippen molar-refractivity contribution in [3.05, 3.63) is 220 Å². The van der Waals surface area contributed by atoms with Crippen LogP contribution in [0.2, 0.25) is 5.02 Å². The third-order valence-corrected chi connectivity index (χ3v) is 19.9. The standard InChI is InChI=1S/C25H23F3N4O.C23H19ClF3N5O.C23H19F4N3O2/c1-15-4-2-5-20(22(15)23-29-10-3-11-30-23)24(33)32-19-8-9-21(32)16(13-19)12-18-7-6-17(14-31-18)25(26,27)28;24-17-4-1-3-16(20(17)21-28-7-2-8-29-21)22(33)32-15-5-6-18(32)13(10-15)9-14-11-31-19(12-30-14)23(25,26)27;24-18-3-1-2-17(20(18)21-28-8-9-32-21)22(31)30-16-6-7-19(30)13(11-16)10-15-5-4-14(12-29-15)23(25,26)27/h2-7,10-11,14,16,19,21H,8-9,12-13H2,1H3;1-4,7-8,11-13,15,18H,5-6,9-10H2;1-5,8-9,12-13,16,19H,6-7,10-11H2. The largest absolute Gasteiger partial charge is 0.444 e. The average Bonchev–Trinajstić information content (AvgIpc) is 1.60. The van der Waals surface area contributed by atoms with Crippen LogP contribution in [0.5, 0.6) is 0 Å². The zero-order chi connectivity index (χ0) is 68.8. The molecule has 6 aliphatic heterocycles. The smallest absolute Gasteiger partial charge is 0.434 e. The van der Waals surface area contributed by atoms with Gasteiger partial charge in [0.05, 0.1) is 62.1 Å². The van der Waals surface area contributed by atoms with E-state index in [0.29, 0.717) is 69.7 Å². The van der Waals surface area contributed by atoms with Gasteiger partial charge in [0, 0.05) is 96.6 Å². The lowest BCUT2D eigenvalue weighted by atomic mass is 9.86. The molecule has 9 aromatic rings. The van der Waals surface area contributed by atoms with Gasteiger partial charge in [0.25, 0.3) is 17.7 Å². The van der Waals surface area contributed by atoms with E-state index in [4.69, 9.17) is 16.0 Å². The summed E-state index contributed by atoms with van der Waals surface area (Å²) in [6.45, 7) is 1.94. The highest BCUT2D eigenvalue weighted by Crippen LogP contribution is 2.48. The molecule has 15 rings (SSSR count). The Morgan fingerprint density at radius 2 is 0.898 bits per heavy atom. The number of carbonyl (C=O) groups is 3. The summed E-state index contributed by atoms with van der Waals surface area (Å²) in [4.78, 5) is 83.3. The highest BCUT2D eigenvalue weighted by molar-refractivity contribution is 6.34. The third kappa shape index (κ3) is 13.7. The molecule has 0 spiro atoms. The van der Waals surface area contributed by atoms with Crippen molar-refractivity contribution < 1.29 is 62.7 Å². The molecule has 16 nitrogen and oxygen atoms in total. The van der Waals surface area contributed by atoms with E-state index < -0.39 is 41.2 Å². The predicted octanol–water partition coefficient (Wildman–Crippen LogP) is 15.1. The summed E-state index contributed by atoms with van der Waals surface area (Å²) >= 11 is 6.44. The van der Waals surface area contributed by atoms with Gasteiger partial charge in [0.1, 0.15) is 12.1 Å². The Bertz CT molecular complexity index is 4160. The quantitative estimate of drug-likeness (QED) is 0.105. The number of oxazole rings is 1. The molecule has 0 N–H and O–H groups in total. The van der Waals surface area contributed by atoms with Gasteiger partial charge >= 0.3 is 18.5 Å². The second-order valence-electron chi connectivity index (χ2n) is 25.4. The Morgan fingerprint density at radius 1 is 0.459 bits per heavy atom. The van der Waals surface area contributed by atoms with Crippen LogP contribution < -0.4 is 0 Å². The van der Waals surface area contributed by atoms with Crippen molar-refractivity contribution in [3.8, 4) is 34.2 Å². The lowest BCUT2D eigenvalue weighted by Crippen LogP contribution is -2.37. The maximum atomic E-state index is 14.6. The van der Waals surface area contributed by atoms with Crippen LogP contribution in [-0.2, 0) is 37.8 Å². The van der Waals surface area contributed by atoms with Crippen LogP contribution in [0.25, 0.3) is 34.2 Å². The maximum absolute atomic E-state index is 14.6. The highest BCUT2D eigenvalue weighted by atomic mass is 35.5. The van der Waals surface area contributed by atoms with Crippen LogP contribution in [0.1, 0.15) is 128 Å². The molecule has 9 atom stereocenters. The number of halogens is 11. The predicted molar refractivity (Wildman–Crippen MR) is 336 cm³/mol. The van der Waals surface area contributed by atoms with E-state index in [2.05, 4.69) is 44.9 Å². The molecule has 12 heterocycles. The minimum absolute atomic E-state index is 0.00706. The number of aromatic nitrogens is 9. The van der Waals surface area contributed by atoms with Gasteiger partial charge in [-0.25, -0.2) is 34.3 Å². The van der Waals surface area contributed by atoms with Crippen molar-refractivity contribution in [2.24, 2.45) is 17.8 Å². The zero-order valence-corrected chi connectivity index (χ0v) is 53.0. The number of aryl methyl sites for hydroxylation is 1. The zero-order valence-electron chi connectivity index (χ0n) is 52.3. The number of carbonyl (C=O) groups excluding carboxylic acids is 3. The van der Waals surface area contributed by atoms with Crippen LogP contribution in [0.3, 0.4) is 0 Å². The van der Waals surface area contributed by atoms with Crippen LogP contribution in [-0.4, -0.2) is 114 Å². The summed E-state index contributed by atoms with van der Waals surface area (Å²) < 4.78 is 135. The molecule has 0 radical (unpaired) electrons. The van der Waals surface area contributed by atoms with Crippen molar-refractivity contribution >= 4 is 29.3 Å². The first kappa shape index (κ1) is 67.0. The van der Waals surface area contributed by atoms with Gasteiger partial charge in [0.15, 0.2) is 17.3 Å². The van der Waals surface area contributed by atoms with Crippen molar-refractivity contribution in [1.29, 1.82) is 0 Å². The lowest BCUT2D eigenvalue weighted by molar-refractivity contribution is -0.141. The summed E-state index contributed by atoms with van der Waals surface area (Å²) in [5, 5.41) is 0.398. The lowest BCUT2D eigenvalue weighted by Gasteiger charge is -2.26. The second kappa shape index (κ2) is 27.4. The van der Waals surface area contributed by atoms with Crippen molar-refractivity contribution in [2.45, 2.75) is 139 Å². The Hall–Kier alpha value is -9.59. The van der Waals surface area contributed by atoms with Crippen molar-refractivity contribution in [2.75, 3.05) is 0 Å². The van der Waals surface area contributed by atoms with Gasteiger partial charge in [-0.3, -0.25) is 29.3 Å². The second-order valence-corrected chi connectivity index (χ2v) is 25.8. The van der Waals surface area contributed by atoms with E-state index >= 15 is 0 Å². The van der Waals surface area contributed by atoms with Crippen molar-refractivity contribution in [3.63, 3.8) is 0 Å². The highest BCUT2D eigenvalue weighted by Gasteiger charge is 2.52. The minimum Gasteiger partial charge on any atom is -0.444 e. The number of hydrogen-bond donors (Lipinski definition) is 0. The normalized spacial score (nSPS) is 22.2. The number of alkyl halides is 9. The number of benzene rings is 3.